The van der Waals surface area contributed by atoms with Crippen LogP contribution in [-0.4, -0.2) is 61.8 Å². The second-order valence-electron chi connectivity index (χ2n) is 8.58. The maximum Gasteiger partial charge on any atom is 0.330 e. The second-order valence-corrected chi connectivity index (χ2v) is 8.58. The van der Waals surface area contributed by atoms with Crippen LogP contribution in [0.3, 0.4) is 0 Å². The molecule has 7 heteroatoms. The highest BCUT2D eigenvalue weighted by atomic mass is 16.5. The minimum absolute atomic E-state index is 0.363. The summed E-state index contributed by atoms with van der Waals surface area (Å²) in [5.41, 5.74) is 8.83. The van der Waals surface area contributed by atoms with Crippen LogP contribution >= 0.6 is 0 Å². The van der Waals surface area contributed by atoms with Crippen molar-refractivity contribution < 1.29 is 19.1 Å². The van der Waals surface area contributed by atoms with Gasteiger partial charge in [0, 0.05) is 41.9 Å². The van der Waals surface area contributed by atoms with E-state index in [9.17, 15) is 9.59 Å². The van der Waals surface area contributed by atoms with Crippen molar-refractivity contribution in [3.8, 4) is 11.8 Å². The highest BCUT2D eigenvalue weighted by Gasteiger charge is 2.50. The van der Waals surface area contributed by atoms with Gasteiger partial charge in [-0.05, 0) is 54.8 Å². The number of hydrogen-bond donors (Lipinski definition) is 2. The average Bonchev–Trinajstić information content (AvgIpc) is 3.60. The van der Waals surface area contributed by atoms with Crippen LogP contribution in [0.2, 0.25) is 0 Å². The topological polar surface area (TPSA) is 93.9 Å². The third-order valence-corrected chi connectivity index (χ3v) is 6.08. The van der Waals surface area contributed by atoms with Crippen molar-refractivity contribution in [3.63, 3.8) is 0 Å². The summed E-state index contributed by atoms with van der Waals surface area (Å²) in [5, 5.41) is 2.71. The zero-order valence-electron chi connectivity index (χ0n) is 18.8. The minimum Gasteiger partial charge on any atom is -0.467 e. The van der Waals surface area contributed by atoms with E-state index in [4.69, 9.17) is 15.2 Å². The molecule has 0 radical (unpaired) electrons. The van der Waals surface area contributed by atoms with Crippen molar-refractivity contribution in [2.24, 2.45) is 5.73 Å². The first kappa shape index (κ1) is 23.0. The van der Waals surface area contributed by atoms with E-state index >= 15 is 0 Å². The zero-order chi connectivity index (χ0) is 23.3. The molecule has 2 aliphatic rings. The maximum atomic E-state index is 12.6. The molecule has 1 aliphatic heterocycles. The number of morpholine rings is 1. The molecule has 172 valence electrons. The van der Waals surface area contributed by atoms with Crippen LogP contribution in [0.25, 0.3) is 0 Å². The molecule has 0 aromatic heterocycles. The van der Waals surface area contributed by atoms with Crippen LogP contribution in [0, 0.1) is 11.8 Å². The molecule has 1 saturated carbocycles. The number of esters is 1. The van der Waals surface area contributed by atoms with Crippen LogP contribution in [0.5, 0.6) is 0 Å². The third kappa shape index (κ3) is 5.99. The molecule has 0 spiro atoms. The number of nitrogens with zero attached hydrogens (tertiary/aromatic N) is 1. The smallest absolute Gasteiger partial charge is 0.330 e. The number of amides is 1. The van der Waals surface area contributed by atoms with Gasteiger partial charge in [-0.25, -0.2) is 4.79 Å². The van der Waals surface area contributed by atoms with Crippen molar-refractivity contribution in [2.45, 2.75) is 31.0 Å². The quantitative estimate of drug-likeness (QED) is 0.517. The van der Waals surface area contributed by atoms with Gasteiger partial charge >= 0.3 is 5.97 Å². The summed E-state index contributed by atoms with van der Waals surface area (Å²) < 4.78 is 10.2. The van der Waals surface area contributed by atoms with Crippen LogP contribution < -0.4 is 11.1 Å². The van der Waals surface area contributed by atoms with Gasteiger partial charge in [-0.2, -0.15) is 0 Å². The fourth-order valence-corrected chi connectivity index (χ4v) is 3.76. The molecule has 2 aromatic carbocycles. The molecule has 7 nitrogen and oxygen atoms in total. The van der Waals surface area contributed by atoms with Crippen molar-refractivity contribution in [1.82, 2.24) is 10.2 Å². The summed E-state index contributed by atoms with van der Waals surface area (Å²) in [6.45, 7) is 4.44. The van der Waals surface area contributed by atoms with Crippen molar-refractivity contribution in [3.05, 3.63) is 70.8 Å². The SMILES string of the molecule is COC(=O)C(NC(=O)c1ccc(C#Cc2ccc(CN3CCOCC3)cc2)cc1)C1(N)CC1. The van der Waals surface area contributed by atoms with E-state index in [1.807, 2.05) is 12.1 Å². The summed E-state index contributed by atoms with van der Waals surface area (Å²) in [4.78, 5) is 27.0. The number of ether oxygens (including phenoxy) is 2. The molecule has 1 heterocycles. The van der Waals surface area contributed by atoms with Crippen LogP contribution in [0.4, 0.5) is 0 Å². The lowest BCUT2D eigenvalue weighted by Crippen LogP contribution is -2.54. The van der Waals surface area contributed by atoms with E-state index in [0.717, 1.165) is 44.0 Å². The van der Waals surface area contributed by atoms with Crippen LogP contribution in [0.15, 0.2) is 48.5 Å². The Morgan fingerprint density at radius 1 is 1.06 bits per heavy atom. The van der Waals surface area contributed by atoms with E-state index in [0.29, 0.717) is 18.4 Å². The van der Waals surface area contributed by atoms with Gasteiger partial charge in [-0.3, -0.25) is 9.69 Å². The summed E-state index contributed by atoms with van der Waals surface area (Å²) in [7, 11) is 1.29. The number of nitrogens with two attached hydrogens (primary N) is 1. The van der Waals surface area contributed by atoms with Crippen LogP contribution in [0.1, 0.15) is 39.9 Å². The number of carbonyl (C=O) groups excluding carboxylic acids is 2. The van der Waals surface area contributed by atoms with Gasteiger partial charge in [0.15, 0.2) is 0 Å². The van der Waals surface area contributed by atoms with Crippen molar-refractivity contribution in [2.75, 3.05) is 33.4 Å². The first-order valence-corrected chi connectivity index (χ1v) is 11.2. The molecule has 2 aromatic rings. The van der Waals surface area contributed by atoms with Gasteiger partial charge in [-0.1, -0.05) is 24.0 Å². The normalized spacial score (nSPS) is 17.9. The Kier molecular flexibility index (Phi) is 7.09. The third-order valence-electron chi connectivity index (χ3n) is 6.08. The molecule has 1 aliphatic carbocycles. The summed E-state index contributed by atoms with van der Waals surface area (Å²) in [6, 6.07) is 14.4. The Morgan fingerprint density at radius 2 is 1.64 bits per heavy atom. The Balaban J connectivity index is 1.35. The molecule has 4 rings (SSSR count). The molecule has 2 fully saturated rings. The molecule has 0 bridgehead atoms. The standard InChI is InChI=1S/C26H29N3O4/c1-32-25(31)23(26(27)12-13-26)28-24(30)22-10-8-20(9-11-22)3-2-19-4-6-21(7-5-19)18-29-14-16-33-17-15-29/h4-11,23H,12-18,27H2,1H3,(H,28,30). The van der Waals surface area contributed by atoms with E-state index in [1.54, 1.807) is 24.3 Å². The van der Waals surface area contributed by atoms with Gasteiger partial charge in [0.25, 0.3) is 5.91 Å². The monoisotopic (exact) mass is 447 g/mol. The number of methoxy groups -OCH3 is 1. The number of benzene rings is 2. The lowest BCUT2D eigenvalue weighted by molar-refractivity contribution is -0.143. The molecular formula is C26H29N3O4. The Bertz CT molecular complexity index is 1040. The number of nitrogens with one attached hydrogen (secondary N) is 1. The van der Waals surface area contributed by atoms with Gasteiger partial charge in [0.05, 0.1) is 20.3 Å². The molecule has 1 atom stereocenters. The highest BCUT2D eigenvalue weighted by Crippen LogP contribution is 2.36. The van der Waals surface area contributed by atoms with E-state index in [2.05, 4.69) is 34.2 Å². The van der Waals surface area contributed by atoms with Gasteiger partial charge in [-0.15, -0.1) is 0 Å². The predicted octanol–water partition coefficient (Wildman–Crippen LogP) is 1.68. The molecular weight excluding hydrogens is 418 g/mol. The van der Waals surface area contributed by atoms with Gasteiger partial charge in [0.2, 0.25) is 0 Å². The Hall–Kier alpha value is -3.18. The van der Waals surface area contributed by atoms with Gasteiger partial charge in [0.1, 0.15) is 6.04 Å². The zero-order valence-corrected chi connectivity index (χ0v) is 18.8. The van der Waals surface area contributed by atoms with Crippen LogP contribution in [-0.2, 0) is 20.8 Å². The second kappa shape index (κ2) is 10.2. The lowest BCUT2D eigenvalue weighted by Gasteiger charge is -2.26. The number of carbonyl (C=O) groups is 2. The minimum atomic E-state index is -0.847. The largest absolute Gasteiger partial charge is 0.467 e. The first-order chi connectivity index (χ1) is 16.0. The molecule has 1 amide bonds. The molecule has 1 unspecified atom stereocenters. The lowest BCUT2D eigenvalue weighted by atomic mass is 10.1. The van der Waals surface area contributed by atoms with Gasteiger partial charge < -0.3 is 20.5 Å². The first-order valence-electron chi connectivity index (χ1n) is 11.2. The maximum absolute atomic E-state index is 12.6. The summed E-state index contributed by atoms with van der Waals surface area (Å²) >= 11 is 0. The Labute approximate surface area is 194 Å². The molecule has 3 N–H and O–H groups in total. The summed E-state index contributed by atoms with van der Waals surface area (Å²) in [6.07, 6.45) is 1.35. The van der Waals surface area contributed by atoms with Crippen molar-refractivity contribution in [1.29, 1.82) is 0 Å². The predicted molar refractivity (Wildman–Crippen MR) is 124 cm³/mol. The summed E-state index contributed by atoms with van der Waals surface area (Å²) in [5.74, 6) is 5.40. The van der Waals surface area contributed by atoms with E-state index in [-0.39, 0.29) is 5.91 Å². The number of rotatable bonds is 6. The molecule has 1 saturated heterocycles. The average molecular weight is 448 g/mol. The van der Waals surface area contributed by atoms with Crippen molar-refractivity contribution >= 4 is 11.9 Å². The Morgan fingerprint density at radius 3 is 2.18 bits per heavy atom. The van der Waals surface area contributed by atoms with E-state index < -0.39 is 17.6 Å². The fourth-order valence-electron chi connectivity index (χ4n) is 3.76. The molecule has 33 heavy (non-hydrogen) atoms. The number of hydrogen-bond acceptors (Lipinski definition) is 6. The fraction of sp³-hybridized carbons (Fsp3) is 0.385. The highest BCUT2D eigenvalue weighted by molar-refractivity contribution is 5.97. The van der Waals surface area contributed by atoms with E-state index in [1.165, 1.54) is 12.7 Å².